The smallest absolute Gasteiger partial charge is 0.254 e. The summed E-state index contributed by atoms with van der Waals surface area (Å²) in [5, 5.41) is 12.3. The van der Waals surface area contributed by atoms with Crippen LogP contribution >= 0.6 is 0 Å². The first-order chi connectivity index (χ1) is 12.9. The third-order valence-corrected chi connectivity index (χ3v) is 6.16. The van der Waals surface area contributed by atoms with Crippen LogP contribution in [0.4, 0.5) is 0 Å². The van der Waals surface area contributed by atoms with Gasteiger partial charge in [0.05, 0.1) is 11.1 Å². The number of benzene rings is 1. The summed E-state index contributed by atoms with van der Waals surface area (Å²) < 4.78 is 5.81. The Morgan fingerprint density at radius 1 is 1.15 bits per heavy atom. The number of rotatable bonds is 2. The van der Waals surface area contributed by atoms with Gasteiger partial charge in [-0.1, -0.05) is 12.1 Å². The van der Waals surface area contributed by atoms with Crippen molar-refractivity contribution in [3.05, 3.63) is 41.6 Å². The normalized spacial score (nSPS) is 25.5. The number of piperidine rings is 1. The van der Waals surface area contributed by atoms with Crippen molar-refractivity contribution in [2.75, 3.05) is 19.7 Å². The van der Waals surface area contributed by atoms with Gasteiger partial charge >= 0.3 is 0 Å². The van der Waals surface area contributed by atoms with Crippen LogP contribution in [0.3, 0.4) is 0 Å². The molecule has 0 aliphatic carbocycles. The maximum Gasteiger partial charge on any atom is 0.254 e. The first-order valence-corrected chi connectivity index (χ1v) is 9.93. The number of likely N-dealkylation sites (tertiary alicyclic amines) is 1. The number of aliphatic hydroxyl groups is 1. The molecule has 1 atom stereocenters. The molecule has 5 nitrogen and oxygen atoms in total. The van der Waals surface area contributed by atoms with Crippen molar-refractivity contribution in [2.24, 2.45) is 0 Å². The number of carbonyl (C=O) groups is 1. The molecule has 2 aliphatic rings. The van der Waals surface area contributed by atoms with Crippen LogP contribution in [-0.2, 0) is 15.1 Å². The van der Waals surface area contributed by atoms with E-state index in [9.17, 15) is 9.90 Å². The summed E-state index contributed by atoms with van der Waals surface area (Å²) in [5.74, 6) is 0.0717. The topological polar surface area (TPSA) is 62.7 Å². The number of carbonyl (C=O) groups excluding carboxylic acids is 1. The predicted molar refractivity (Wildman–Crippen MR) is 104 cm³/mol. The minimum absolute atomic E-state index is 0.0717. The van der Waals surface area contributed by atoms with Gasteiger partial charge in [0.15, 0.2) is 0 Å². The summed E-state index contributed by atoms with van der Waals surface area (Å²) in [7, 11) is 0. The molecule has 2 aliphatic heterocycles. The molecule has 27 heavy (non-hydrogen) atoms. The zero-order valence-corrected chi connectivity index (χ0v) is 16.2. The third kappa shape index (κ3) is 3.46. The fourth-order valence-electron chi connectivity index (χ4n) is 4.32. The third-order valence-electron chi connectivity index (χ3n) is 6.16. The van der Waals surface area contributed by atoms with Crippen LogP contribution in [0, 0.1) is 6.92 Å². The number of amides is 1. The maximum atomic E-state index is 12.9. The first-order valence-electron chi connectivity index (χ1n) is 9.93. The highest BCUT2D eigenvalue weighted by Gasteiger charge is 2.42. The molecule has 1 aromatic carbocycles. The molecule has 1 unspecified atom stereocenters. The number of aryl methyl sites for hydroxylation is 1. The summed E-state index contributed by atoms with van der Waals surface area (Å²) >= 11 is 0. The Morgan fingerprint density at radius 2 is 1.93 bits per heavy atom. The average molecular weight is 368 g/mol. The summed E-state index contributed by atoms with van der Waals surface area (Å²) in [6.07, 6.45) is 3.92. The highest BCUT2D eigenvalue weighted by molar-refractivity contribution is 5.85. The number of hydrogen-bond acceptors (Lipinski definition) is 4. The number of nitrogens with zero attached hydrogens (tertiary/aromatic N) is 2. The van der Waals surface area contributed by atoms with Crippen molar-refractivity contribution >= 4 is 16.8 Å². The van der Waals surface area contributed by atoms with Crippen LogP contribution in [-0.4, -0.2) is 46.2 Å². The summed E-state index contributed by atoms with van der Waals surface area (Å²) in [6, 6.07) is 10.0. The Bertz CT molecular complexity index is 850. The number of aromatic nitrogens is 1. The van der Waals surface area contributed by atoms with E-state index in [1.165, 1.54) is 0 Å². The van der Waals surface area contributed by atoms with E-state index in [-0.39, 0.29) is 5.91 Å². The van der Waals surface area contributed by atoms with Crippen LogP contribution < -0.4 is 0 Å². The first kappa shape index (κ1) is 18.4. The molecule has 2 aromatic rings. The maximum absolute atomic E-state index is 12.9. The highest BCUT2D eigenvalue weighted by Crippen LogP contribution is 2.36. The van der Waals surface area contributed by atoms with Crippen molar-refractivity contribution in [3.63, 3.8) is 0 Å². The van der Waals surface area contributed by atoms with Gasteiger partial charge in [-0.3, -0.25) is 9.78 Å². The van der Waals surface area contributed by atoms with Crippen LogP contribution in [0.5, 0.6) is 0 Å². The van der Waals surface area contributed by atoms with Crippen LogP contribution in [0.15, 0.2) is 30.3 Å². The molecule has 144 valence electrons. The van der Waals surface area contributed by atoms with Gasteiger partial charge in [-0.05, 0) is 69.7 Å². The molecule has 0 radical (unpaired) electrons. The lowest BCUT2D eigenvalue weighted by Gasteiger charge is -2.43. The Hall–Kier alpha value is -1.98. The minimum atomic E-state index is -0.899. The van der Waals surface area contributed by atoms with Gasteiger partial charge in [-0.15, -0.1) is 0 Å². The Kier molecular flexibility index (Phi) is 4.68. The van der Waals surface area contributed by atoms with E-state index in [4.69, 9.17) is 4.74 Å². The Balaban J connectivity index is 1.49. The van der Waals surface area contributed by atoms with Crippen LogP contribution in [0.1, 0.15) is 50.3 Å². The molecule has 3 heterocycles. The second-order valence-electron chi connectivity index (χ2n) is 8.22. The van der Waals surface area contributed by atoms with Crippen molar-refractivity contribution in [2.45, 2.75) is 57.2 Å². The van der Waals surface area contributed by atoms with Crippen molar-refractivity contribution in [3.8, 4) is 0 Å². The second-order valence-corrected chi connectivity index (χ2v) is 8.22. The van der Waals surface area contributed by atoms with Gasteiger partial charge in [0.25, 0.3) is 5.91 Å². The van der Waals surface area contributed by atoms with E-state index in [1.54, 1.807) is 0 Å². The summed E-state index contributed by atoms with van der Waals surface area (Å²) in [4.78, 5) is 19.3. The number of fused-ring (bicyclic) bond motifs is 1. The zero-order chi connectivity index (χ0) is 19.1. The molecule has 5 heteroatoms. The van der Waals surface area contributed by atoms with Gasteiger partial charge in [0.1, 0.15) is 5.60 Å². The molecule has 2 saturated heterocycles. The van der Waals surface area contributed by atoms with Crippen LogP contribution in [0.25, 0.3) is 10.9 Å². The van der Waals surface area contributed by atoms with E-state index in [2.05, 4.69) is 4.98 Å². The van der Waals surface area contributed by atoms with Gasteiger partial charge in [0.2, 0.25) is 0 Å². The lowest BCUT2D eigenvalue weighted by molar-refractivity contribution is -0.165. The fourth-order valence-corrected chi connectivity index (χ4v) is 4.32. The molecule has 1 amide bonds. The van der Waals surface area contributed by atoms with Crippen molar-refractivity contribution < 1.29 is 14.6 Å². The Labute approximate surface area is 160 Å². The molecule has 1 N–H and O–H groups in total. The SMILES string of the molecule is Cc1ccc2cc(C3(O)CCN(C(=O)C4(C)CCCCO4)CC3)ccc2n1. The van der Waals surface area contributed by atoms with E-state index >= 15 is 0 Å². The molecule has 4 rings (SSSR count). The molecule has 1 aromatic heterocycles. The number of hydrogen-bond donors (Lipinski definition) is 1. The lowest BCUT2D eigenvalue weighted by Crippen LogP contribution is -2.54. The number of pyridine rings is 1. The van der Waals surface area contributed by atoms with Gasteiger partial charge in [-0.2, -0.15) is 0 Å². The Morgan fingerprint density at radius 3 is 2.63 bits per heavy atom. The standard InChI is InChI=1S/C22H28N2O3/c1-16-5-6-17-15-18(7-8-19(17)23-16)22(26)10-12-24(13-11-22)20(25)21(2)9-3-4-14-27-21/h5-8,15,26H,3-4,9-14H2,1-2H3. The molecule has 0 saturated carbocycles. The summed E-state index contributed by atoms with van der Waals surface area (Å²) in [5.41, 5.74) is 1.24. The fraction of sp³-hybridized carbons (Fsp3) is 0.545. The predicted octanol–water partition coefficient (Wildman–Crippen LogP) is 3.31. The largest absolute Gasteiger partial charge is 0.385 e. The monoisotopic (exact) mass is 368 g/mol. The van der Waals surface area contributed by atoms with Crippen LogP contribution in [0.2, 0.25) is 0 Å². The molecule has 2 fully saturated rings. The highest BCUT2D eigenvalue weighted by atomic mass is 16.5. The summed E-state index contributed by atoms with van der Waals surface area (Å²) in [6.45, 7) is 5.65. The second kappa shape index (κ2) is 6.88. The van der Waals surface area contributed by atoms with Crippen molar-refractivity contribution in [1.82, 2.24) is 9.88 Å². The molecular weight excluding hydrogens is 340 g/mol. The molecule has 0 spiro atoms. The van der Waals surface area contributed by atoms with E-state index in [0.29, 0.717) is 32.5 Å². The van der Waals surface area contributed by atoms with Gasteiger partial charge in [0, 0.05) is 30.8 Å². The quantitative estimate of drug-likeness (QED) is 0.883. The zero-order valence-electron chi connectivity index (χ0n) is 16.2. The van der Waals surface area contributed by atoms with E-state index in [1.807, 2.05) is 49.1 Å². The van der Waals surface area contributed by atoms with E-state index in [0.717, 1.165) is 41.4 Å². The average Bonchev–Trinajstić information content (AvgIpc) is 2.68. The lowest BCUT2D eigenvalue weighted by atomic mass is 9.83. The minimum Gasteiger partial charge on any atom is -0.385 e. The van der Waals surface area contributed by atoms with Gasteiger partial charge < -0.3 is 14.7 Å². The van der Waals surface area contributed by atoms with Crippen molar-refractivity contribution in [1.29, 1.82) is 0 Å². The van der Waals surface area contributed by atoms with E-state index < -0.39 is 11.2 Å². The van der Waals surface area contributed by atoms with Gasteiger partial charge in [-0.25, -0.2) is 0 Å². The number of ether oxygens (including phenoxy) is 1. The molecular formula is C22H28N2O3. The molecule has 0 bridgehead atoms.